The molecule has 0 bridgehead atoms. The van der Waals surface area contributed by atoms with Gasteiger partial charge in [0.1, 0.15) is 0 Å². The van der Waals surface area contributed by atoms with Gasteiger partial charge >= 0.3 is 0 Å². The highest BCUT2D eigenvalue weighted by Gasteiger charge is 2.39. The Morgan fingerprint density at radius 2 is 1.80 bits per heavy atom. The van der Waals surface area contributed by atoms with Crippen molar-refractivity contribution in [2.75, 3.05) is 37.0 Å². The molecule has 1 aliphatic rings. The van der Waals surface area contributed by atoms with Gasteiger partial charge in [0.2, 0.25) is 0 Å². The SMILES string of the molecule is C[NH+](CC(=O)Nc1ccc(Cl)cc1)CC(=O)N[C@]1(C)CCS(=O)(=O)C1. The predicted molar refractivity (Wildman–Crippen MR) is 96.5 cm³/mol. The Morgan fingerprint density at radius 3 is 2.36 bits per heavy atom. The average molecular weight is 389 g/mol. The Bertz CT molecular complexity index is 751. The van der Waals surface area contributed by atoms with Gasteiger partial charge in [0.15, 0.2) is 22.9 Å². The predicted octanol–water partition coefficient (Wildman–Crippen LogP) is -0.513. The van der Waals surface area contributed by atoms with E-state index >= 15 is 0 Å². The highest BCUT2D eigenvalue weighted by Crippen LogP contribution is 2.22. The first kappa shape index (κ1) is 19.7. The zero-order valence-corrected chi connectivity index (χ0v) is 15.8. The average Bonchev–Trinajstić information content (AvgIpc) is 2.74. The van der Waals surface area contributed by atoms with Gasteiger partial charge in [0.05, 0.1) is 24.1 Å². The van der Waals surface area contributed by atoms with E-state index in [0.29, 0.717) is 22.0 Å². The highest BCUT2D eigenvalue weighted by molar-refractivity contribution is 7.91. The van der Waals surface area contributed by atoms with Crippen molar-refractivity contribution in [2.45, 2.75) is 18.9 Å². The van der Waals surface area contributed by atoms with Crippen molar-refractivity contribution in [3.05, 3.63) is 29.3 Å². The maximum atomic E-state index is 12.1. The Kier molecular flexibility index (Phi) is 6.08. The van der Waals surface area contributed by atoms with Crippen molar-refractivity contribution < 1.29 is 22.9 Å². The van der Waals surface area contributed by atoms with Gasteiger partial charge in [0, 0.05) is 10.7 Å². The number of nitrogens with one attached hydrogen (secondary N) is 3. The number of amides is 2. The van der Waals surface area contributed by atoms with Crippen LogP contribution in [0.15, 0.2) is 24.3 Å². The normalized spacial score (nSPS) is 23.0. The number of sulfone groups is 1. The summed E-state index contributed by atoms with van der Waals surface area (Å²) in [6, 6.07) is 6.75. The van der Waals surface area contributed by atoms with Gasteiger partial charge in [-0.3, -0.25) is 9.59 Å². The minimum absolute atomic E-state index is 0.0398. The van der Waals surface area contributed by atoms with E-state index in [1.165, 1.54) is 0 Å². The lowest BCUT2D eigenvalue weighted by atomic mass is 10.0. The number of hydrogen-bond donors (Lipinski definition) is 3. The van der Waals surface area contributed by atoms with Gasteiger partial charge in [-0.05, 0) is 37.6 Å². The zero-order valence-electron chi connectivity index (χ0n) is 14.3. The molecule has 0 aromatic heterocycles. The Morgan fingerprint density at radius 1 is 1.20 bits per heavy atom. The van der Waals surface area contributed by atoms with E-state index in [-0.39, 0.29) is 36.4 Å². The molecule has 0 radical (unpaired) electrons. The Balaban J connectivity index is 1.79. The number of carbonyl (C=O) groups is 2. The Labute approximate surface area is 152 Å². The van der Waals surface area contributed by atoms with Crippen LogP contribution in [0.25, 0.3) is 0 Å². The molecule has 25 heavy (non-hydrogen) atoms. The molecule has 0 saturated carbocycles. The van der Waals surface area contributed by atoms with Crippen molar-refractivity contribution in [3.8, 4) is 0 Å². The van der Waals surface area contributed by atoms with Crippen LogP contribution in [0.3, 0.4) is 0 Å². The van der Waals surface area contributed by atoms with Crippen molar-refractivity contribution >= 4 is 38.9 Å². The number of benzene rings is 1. The van der Waals surface area contributed by atoms with Crippen LogP contribution in [-0.2, 0) is 19.4 Å². The van der Waals surface area contributed by atoms with Gasteiger partial charge in [-0.15, -0.1) is 0 Å². The Hall–Kier alpha value is -1.64. The first-order chi connectivity index (χ1) is 11.6. The third kappa shape index (κ3) is 6.30. The summed E-state index contributed by atoms with van der Waals surface area (Å²) in [6.07, 6.45) is 0.414. The maximum absolute atomic E-state index is 12.1. The van der Waals surface area contributed by atoms with Crippen LogP contribution in [-0.4, -0.2) is 57.4 Å². The molecular weight excluding hydrogens is 366 g/mol. The number of hydrogen-bond acceptors (Lipinski definition) is 4. The van der Waals surface area contributed by atoms with Gasteiger partial charge < -0.3 is 15.5 Å². The number of rotatable bonds is 6. The van der Waals surface area contributed by atoms with E-state index < -0.39 is 15.4 Å². The molecule has 1 unspecified atom stereocenters. The van der Waals surface area contributed by atoms with Crippen molar-refractivity contribution in [3.63, 3.8) is 0 Å². The molecule has 138 valence electrons. The first-order valence-electron chi connectivity index (χ1n) is 7.95. The molecular formula is C16H23ClN3O4S+. The topological polar surface area (TPSA) is 96.8 Å². The lowest BCUT2D eigenvalue weighted by Gasteiger charge is -2.24. The first-order valence-corrected chi connectivity index (χ1v) is 10.1. The summed E-state index contributed by atoms with van der Waals surface area (Å²) in [5, 5.41) is 6.10. The van der Waals surface area contributed by atoms with E-state index in [0.717, 1.165) is 0 Å². The summed E-state index contributed by atoms with van der Waals surface area (Å²) in [4.78, 5) is 24.8. The largest absolute Gasteiger partial charge is 0.345 e. The van der Waals surface area contributed by atoms with Crippen molar-refractivity contribution in [2.24, 2.45) is 0 Å². The molecule has 1 aromatic carbocycles. The van der Waals surface area contributed by atoms with Gasteiger partial charge in [-0.25, -0.2) is 8.42 Å². The quantitative estimate of drug-likeness (QED) is 0.611. The van der Waals surface area contributed by atoms with Crippen molar-refractivity contribution in [1.29, 1.82) is 0 Å². The number of likely N-dealkylation sites (N-methyl/N-ethyl adjacent to an activating group) is 1. The van der Waals surface area contributed by atoms with Crippen LogP contribution in [0.1, 0.15) is 13.3 Å². The molecule has 1 heterocycles. The van der Waals surface area contributed by atoms with Gasteiger partial charge in [-0.1, -0.05) is 11.6 Å². The standard InChI is InChI=1S/C16H22ClN3O4S/c1-16(7-8-25(23,24)11-16)19-15(22)10-20(2)9-14(21)18-13-5-3-12(17)4-6-13/h3-6H,7-11H2,1-2H3,(H,18,21)(H,19,22)/p+1/t16-/m1/s1. The number of halogens is 1. The summed E-state index contributed by atoms with van der Waals surface area (Å²) in [6.45, 7) is 1.94. The van der Waals surface area contributed by atoms with Crippen molar-refractivity contribution in [1.82, 2.24) is 5.32 Å². The summed E-state index contributed by atoms with van der Waals surface area (Å²) >= 11 is 5.79. The van der Waals surface area contributed by atoms with Crippen LogP contribution >= 0.6 is 11.6 Å². The van der Waals surface area contributed by atoms with Crippen LogP contribution in [0.4, 0.5) is 5.69 Å². The van der Waals surface area contributed by atoms with Crippen LogP contribution in [0, 0.1) is 0 Å². The van der Waals surface area contributed by atoms with Gasteiger partial charge in [-0.2, -0.15) is 0 Å². The third-order valence-electron chi connectivity index (χ3n) is 4.00. The summed E-state index contributed by atoms with van der Waals surface area (Å²) in [5.41, 5.74) is -0.0859. The van der Waals surface area contributed by atoms with E-state index in [1.807, 2.05) is 0 Å². The fourth-order valence-corrected chi connectivity index (χ4v) is 5.06. The second kappa shape index (κ2) is 7.72. The molecule has 1 aliphatic heterocycles. The molecule has 0 aliphatic carbocycles. The summed E-state index contributed by atoms with van der Waals surface area (Å²) in [7, 11) is -1.35. The lowest BCUT2D eigenvalue weighted by molar-refractivity contribution is -0.862. The minimum Gasteiger partial charge on any atom is -0.345 e. The lowest BCUT2D eigenvalue weighted by Crippen LogP contribution is -3.11. The number of carbonyl (C=O) groups excluding carboxylic acids is 2. The van der Waals surface area contributed by atoms with E-state index in [2.05, 4.69) is 10.6 Å². The second-order valence-corrected chi connectivity index (χ2v) is 9.44. The molecule has 2 rings (SSSR count). The smallest absolute Gasteiger partial charge is 0.279 e. The molecule has 2 amide bonds. The van der Waals surface area contributed by atoms with Gasteiger partial charge in [0.25, 0.3) is 11.8 Å². The zero-order chi connectivity index (χ0) is 18.7. The van der Waals surface area contributed by atoms with E-state index in [4.69, 9.17) is 11.6 Å². The summed E-state index contributed by atoms with van der Waals surface area (Å²) in [5.74, 6) is -0.434. The molecule has 0 spiro atoms. The monoisotopic (exact) mass is 388 g/mol. The summed E-state index contributed by atoms with van der Waals surface area (Å²) < 4.78 is 23.1. The molecule has 7 nitrogen and oxygen atoms in total. The fourth-order valence-electron chi connectivity index (χ4n) is 2.84. The highest BCUT2D eigenvalue weighted by atomic mass is 35.5. The van der Waals surface area contributed by atoms with Crippen LogP contribution in [0.5, 0.6) is 0 Å². The molecule has 1 aromatic rings. The van der Waals surface area contributed by atoms with Crippen LogP contribution < -0.4 is 15.5 Å². The molecule has 1 saturated heterocycles. The van der Waals surface area contributed by atoms with E-state index in [9.17, 15) is 18.0 Å². The second-order valence-electron chi connectivity index (χ2n) is 6.82. The fraction of sp³-hybridized carbons (Fsp3) is 0.500. The number of anilines is 1. The van der Waals surface area contributed by atoms with E-state index in [1.54, 1.807) is 38.2 Å². The van der Waals surface area contributed by atoms with Crippen LogP contribution in [0.2, 0.25) is 5.02 Å². The minimum atomic E-state index is -3.08. The molecule has 2 atom stereocenters. The number of quaternary nitrogens is 1. The molecule has 9 heteroatoms. The maximum Gasteiger partial charge on any atom is 0.279 e. The third-order valence-corrected chi connectivity index (χ3v) is 6.15. The molecule has 3 N–H and O–H groups in total. The molecule has 1 fully saturated rings.